The average molecular weight is 378 g/mol. The van der Waals surface area contributed by atoms with E-state index in [1.54, 1.807) is 6.07 Å². The molecule has 0 unspecified atom stereocenters. The lowest BCUT2D eigenvalue weighted by atomic mass is 10.7. The zero-order chi connectivity index (χ0) is 14.8. The Balaban J connectivity index is 1.97. The van der Waals surface area contributed by atoms with Crippen molar-refractivity contribution < 1.29 is 25.2 Å². The summed E-state index contributed by atoms with van der Waals surface area (Å²) in [5.74, 6) is 0. The van der Waals surface area contributed by atoms with Crippen LogP contribution in [0, 0.1) is 0 Å². The molecule has 0 fully saturated rings. The summed E-state index contributed by atoms with van der Waals surface area (Å²) in [6.45, 7) is 0. The SMILES string of the molecule is O=S(=O)(OSc1ccc(Sc2cccs2)s1)C(F)(F)F. The van der Waals surface area contributed by atoms with Crippen LogP contribution in [0.5, 0.6) is 0 Å². The van der Waals surface area contributed by atoms with E-state index < -0.39 is 15.6 Å². The summed E-state index contributed by atoms with van der Waals surface area (Å²) in [5, 5.41) is 1.91. The number of hydrogen-bond acceptors (Lipinski definition) is 7. The maximum atomic E-state index is 12.1. The van der Waals surface area contributed by atoms with E-state index in [4.69, 9.17) is 0 Å². The second-order valence-electron chi connectivity index (χ2n) is 3.16. The summed E-state index contributed by atoms with van der Waals surface area (Å²) >= 11 is 4.33. The molecular weight excluding hydrogens is 373 g/mol. The molecular formula is C9H5F3O3S5. The Bertz CT molecular complexity index is 659. The maximum absolute atomic E-state index is 12.1. The Morgan fingerprint density at radius 1 is 1.10 bits per heavy atom. The van der Waals surface area contributed by atoms with Gasteiger partial charge >= 0.3 is 15.6 Å². The molecule has 0 N–H and O–H groups in total. The minimum atomic E-state index is -5.57. The highest BCUT2D eigenvalue weighted by Gasteiger charge is 2.48. The van der Waals surface area contributed by atoms with Gasteiger partial charge in [-0.2, -0.15) is 25.2 Å². The van der Waals surface area contributed by atoms with Crippen LogP contribution >= 0.6 is 46.5 Å². The summed E-state index contributed by atoms with van der Waals surface area (Å²) in [4.78, 5) is 0. The molecule has 2 aromatic rings. The second-order valence-corrected chi connectivity index (χ2v) is 9.57. The Morgan fingerprint density at radius 2 is 1.80 bits per heavy atom. The number of halogens is 3. The van der Waals surface area contributed by atoms with Crippen molar-refractivity contribution in [2.45, 2.75) is 18.1 Å². The van der Waals surface area contributed by atoms with Crippen LogP contribution in [-0.4, -0.2) is 13.9 Å². The molecule has 0 aliphatic heterocycles. The van der Waals surface area contributed by atoms with E-state index in [0.717, 1.165) is 19.8 Å². The van der Waals surface area contributed by atoms with Crippen molar-refractivity contribution in [3.05, 3.63) is 29.6 Å². The molecule has 0 saturated carbocycles. The highest BCUT2D eigenvalue weighted by atomic mass is 32.3. The van der Waals surface area contributed by atoms with E-state index in [0.29, 0.717) is 4.21 Å². The first-order valence-electron chi connectivity index (χ1n) is 4.76. The number of alkyl halides is 3. The van der Waals surface area contributed by atoms with Gasteiger partial charge in [-0.05, 0) is 23.6 Å². The topological polar surface area (TPSA) is 43.4 Å². The third-order valence-electron chi connectivity index (χ3n) is 1.74. The van der Waals surface area contributed by atoms with Crippen LogP contribution in [0.15, 0.2) is 42.3 Å². The standard InChI is InChI=1S/C9H5F3O3S5/c10-9(11,12)20(13,14)15-19-8-4-3-7(18-8)17-6-2-1-5-16-6/h1-5H. The molecule has 0 aliphatic carbocycles. The normalized spacial score (nSPS) is 12.8. The highest BCUT2D eigenvalue weighted by molar-refractivity contribution is 8.06. The summed E-state index contributed by atoms with van der Waals surface area (Å²) in [6.07, 6.45) is 0. The van der Waals surface area contributed by atoms with Crippen molar-refractivity contribution >= 4 is 56.6 Å². The molecule has 3 nitrogen and oxygen atoms in total. The molecule has 0 spiro atoms. The van der Waals surface area contributed by atoms with Crippen LogP contribution in [-0.2, 0) is 13.7 Å². The van der Waals surface area contributed by atoms with Crippen LogP contribution in [0.25, 0.3) is 0 Å². The fraction of sp³-hybridized carbons (Fsp3) is 0.111. The van der Waals surface area contributed by atoms with Crippen molar-refractivity contribution in [3.8, 4) is 0 Å². The summed E-state index contributed by atoms with van der Waals surface area (Å²) in [7, 11) is -5.57. The van der Waals surface area contributed by atoms with Gasteiger partial charge in [0.1, 0.15) is 0 Å². The molecule has 2 rings (SSSR count). The summed E-state index contributed by atoms with van der Waals surface area (Å²) in [6, 6.07) is 7.00. The van der Waals surface area contributed by atoms with Crippen LogP contribution in [0.1, 0.15) is 0 Å². The van der Waals surface area contributed by atoms with Gasteiger partial charge in [0.2, 0.25) is 0 Å². The van der Waals surface area contributed by atoms with Gasteiger partial charge in [-0.1, -0.05) is 17.8 Å². The fourth-order valence-corrected chi connectivity index (χ4v) is 5.70. The van der Waals surface area contributed by atoms with Gasteiger partial charge in [0.15, 0.2) is 0 Å². The van der Waals surface area contributed by atoms with E-state index >= 15 is 0 Å². The first kappa shape index (κ1) is 16.2. The van der Waals surface area contributed by atoms with Gasteiger partial charge in [-0.25, -0.2) is 0 Å². The molecule has 0 atom stereocenters. The first-order valence-corrected chi connectivity index (χ1v) is 9.43. The number of thiophene rings is 2. The lowest BCUT2D eigenvalue weighted by Gasteiger charge is -2.05. The van der Waals surface area contributed by atoms with Gasteiger partial charge in [-0.3, -0.25) is 0 Å². The molecule has 20 heavy (non-hydrogen) atoms. The van der Waals surface area contributed by atoms with Gasteiger partial charge in [-0.15, -0.1) is 22.7 Å². The Labute approximate surface area is 129 Å². The van der Waals surface area contributed by atoms with Gasteiger partial charge in [0, 0.05) is 0 Å². The molecule has 2 aromatic heterocycles. The zero-order valence-electron chi connectivity index (χ0n) is 9.29. The first-order chi connectivity index (χ1) is 9.28. The quantitative estimate of drug-likeness (QED) is 0.550. The van der Waals surface area contributed by atoms with Crippen LogP contribution in [0.4, 0.5) is 13.2 Å². The summed E-state index contributed by atoms with van der Waals surface area (Å²) in [5.41, 5.74) is -5.41. The van der Waals surface area contributed by atoms with E-state index in [9.17, 15) is 21.6 Å². The largest absolute Gasteiger partial charge is 0.524 e. The third-order valence-corrected chi connectivity index (χ3v) is 7.10. The van der Waals surface area contributed by atoms with Gasteiger partial charge in [0.25, 0.3) is 0 Å². The lowest BCUT2D eigenvalue weighted by Crippen LogP contribution is -2.23. The maximum Gasteiger partial charge on any atom is 0.524 e. The predicted molar refractivity (Wildman–Crippen MR) is 74.7 cm³/mol. The molecule has 2 heterocycles. The Morgan fingerprint density at radius 3 is 2.40 bits per heavy atom. The van der Waals surface area contributed by atoms with Crippen molar-refractivity contribution in [2.75, 3.05) is 0 Å². The van der Waals surface area contributed by atoms with E-state index in [-0.39, 0.29) is 12.0 Å². The van der Waals surface area contributed by atoms with Crippen molar-refractivity contribution in [1.29, 1.82) is 0 Å². The van der Waals surface area contributed by atoms with Crippen LogP contribution in [0.3, 0.4) is 0 Å². The predicted octanol–water partition coefficient (Wildman–Crippen LogP) is 4.83. The summed E-state index contributed by atoms with van der Waals surface area (Å²) < 4.78 is 63.7. The Hall–Kier alpha value is -0.200. The van der Waals surface area contributed by atoms with Crippen molar-refractivity contribution in [1.82, 2.24) is 0 Å². The van der Waals surface area contributed by atoms with Gasteiger partial charge in [0.05, 0.1) is 24.7 Å². The average Bonchev–Trinajstić information content (AvgIpc) is 2.97. The number of hydrogen-bond donors (Lipinski definition) is 0. The molecule has 11 heteroatoms. The fourth-order valence-electron chi connectivity index (χ4n) is 0.941. The monoisotopic (exact) mass is 378 g/mol. The smallest absolute Gasteiger partial charge is 0.189 e. The lowest BCUT2D eigenvalue weighted by molar-refractivity contribution is -0.0494. The molecule has 0 bridgehead atoms. The van der Waals surface area contributed by atoms with E-state index in [1.807, 2.05) is 17.5 Å². The minimum absolute atomic E-state index is 0.188. The van der Waals surface area contributed by atoms with Crippen molar-refractivity contribution in [3.63, 3.8) is 0 Å². The number of rotatable bonds is 5. The second kappa shape index (κ2) is 6.28. The molecule has 0 aliphatic rings. The van der Waals surface area contributed by atoms with Crippen LogP contribution < -0.4 is 0 Å². The van der Waals surface area contributed by atoms with Crippen LogP contribution in [0.2, 0.25) is 0 Å². The molecule has 0 radical (unpaired) electrons. The highest BCUT2D eigenvalue weighted by Crippen LogP contribution is 2.40. The zero-order valence-corrected chi connectivity index (χ0v) is 13.4. The molecule has 110 valence electrons. The van der Waals surface area contributed by atoms with E-state index in [2.05, 4.69) is 3.63 Å². The minimum Gasteiger partial charge on any atom is -0.189 e. The third kappa shape index (κ3) is 4.15. The van der Waals surface area contributed by atoms with E-state index in [1.165, 1.54) is 29.2 Å². The molecule has 0 amide bonds. The van der Waals surface area contributed by atoms with Crippen molar-refractivity contribution in [2.24, 2.45) is 0 Å². The van der Waals surface area contributed by atoms with Gasteiger partial charge < -0.3 is 0 Å². The molecule has 0 aromatic carbocycles. The Kier molecular flexibility index (Phi) is 5.08. The molecule has 0 saturated heterocycles.